The van der Waals surface area contributed by atoms with Crippen LogP contribution in [0.25, 0.3) is 0 Å². The zero-order chi connectivity index (χ0) is 19.2. The fraction of sp³-hybridized carbons (Fsp3) is 0.316. The summed E-state index contributed by atoms with van der Waals surface area (Å²) < 4.78 is 0.773. The van der Waals surface area contributed by atoms with Crippen molar-refractivity contribution in [2.24, 2.45) is 0 Å². The average molecular weight is 419 g/mol. The highest BCUT2D eigenvalue weighted by Gasteiger charge is 2.12. The third-order valence-electron chi connectivity index (χ3n) is 3.91. The van der Waals surface area contributed by atoms with E-state index in [0.717, 1.165) is 20.0 Å². The number of anilines is 2. The molecule has 0 aliphatic heterocycles. The van der Waals surface area contributed by atoms with Crippen molar-refractivity contribution < 1.29 is 4.79 Å². The maximum atomic E-state index is 12.1. The molecule has 1 aromatic carbocycles. The van der Waals surface area contributed by atoms with Gasteiger partial charge in [0.1, 0.15) is 0 Å². The SMILES string of the molecule is CC(C)c1ccc(Nc2nnc(SCC(=O)N[C@@H](C)c3cccs3)s2)cc1. The smallest absolute Gasteiger partial charge is 0.230 e. The molecule has 0 saturated carbocycles. The third kappa shape index (κ3) is 5.79. The fourth-order valence-electron chi connectivity index (χ4n) is 2.41. The van der Waals surface area contributed by atoms with Crippen molar-refractivity contribution in [3.63, 3.8) is 0 Å². The van der Waals surface area contributed by atoms with E-state index in [1.807, 2.05) is 36.6 Å². The summed E-state index contributed by atoms with van der Waals surface area (Å²) in [5, 5.41) is 17.3. The fourth-order valence-corrected chi connectivity index (χ4v) is 4.73. The molecule has 5 nitrogen and oxygen atoms in total. The Hall–Kier alpha value is -1.90. The van der Waals surface area contributed by atoms with Gasteiger partial charge in [-0.15, -0.1) is 21.5 Å². The highest BCUT2D eigenvalue weighted by Crippen LogP contribution is 2.28. The number of benzene rings is 1. The number of amides is 1. The minimum Gasteiger partial charge on any atom is -0.348 e. The van der Waals surface area contributed by atoms with Crippen molar-refractivity contribution in [3.8, 4) is 0 Å². The lowest BCUT2D eigenvalue weighted by Crippen LogP contribution is -2.27. The molecule has 2 heterocycles. The van der Waals surface area contributed by atoms with Crippen LogP contribution in [0.5, 0.6) is 0 Å². The van der Waals surface area contributed by atoms with Gasteiger partial charge in [0.05, 0.1) is 11.8 Å². The molecule has 27 heavy (non-hydrogen) atoms. The molecule has 3 aromatic rings. The van der Waals surface area contributed by atoms with Crippen LogP contribution in [0.1, 0.15) is 43.2 Å². The van der Waals surface area contributed by atoms with Crippen molar-refractivity contribution in [1.82, 2.24) is 15.5 Å². The Labute approximate surface area is 171 Å². The molecule has 2 aromatic heterocycles. The van der Waals surface area contributed by atoms with Crippen LogP contribution in [0.15, 0.2) is 46.1 Å². The number of hydrogen-bond acceptors (Lipinski definition) is 7. The molecule has 0 saturated heterocycles. The monoisotopic (exact) mass is 418 g/mol. The molecule has 0 aliphatic rings. The first-order valence-corrected chi connectivity index (χ1v) is 11.4. The number of thioether (sulfide) groups is 1. The number of rotatable bonds is 8. The second kappa shape index (κ2) is 9.34. The number of carbonyl (C=O) groups is 1. The number of carbonyl (C=O) groups excluding carboxylic acids is 1. The van der Waals surface area contributed by atoms with Gasteiger partial charge in [0.15, 0.2) is 4.34 Å². The molecule has 0 aliphatic carbocycles. The van der Waals surface area contributed by atoms with E-state index in [2.05, 4.69) is 46.8 Å². The van der Waals surface area contributed by atoms with Crippen LogP contribution in [0.4, 0.5) is 10.8 Å². The minimum absolute atomic E-state index is 0.00474. The van der Waals surface area contributed by atoms with Crippen LogP contribution in [-0.4, -0.2) is 21.9 Å². The predicted octanol–water partition coefficient (Wildman–Crippen LogP) is 5.44. The summed E-state index contributed by atoms with van der Waals surface area (Å²) in [7, 11) is 0. The van der Waals surface area contributed by atoms with Gasteiger partial charge in [-0.2, -0.15) is 0 Å². The molecule has 0 unspecified atom stereocenters. The molecule has 142 valence electrons. The predicted molar refractivity (Wildman–Crippen MR) is 115 cm³/mol. The first kappa shape index (κ1) is 19.9. The second-order valence-corrected chi connectivity index (χ2v) is 9.55. The highest BCUT2D eigenvalue weighted by molar-refractivity contribution is 8.01. The second-order valence-electron chi connectivity index (χ2n) is 6.37. The molecular weight excluding hydrogens is 396 g/mol. The molecule has 1 atom stereocenters. The zero-order valence-corrected chi connectivity index (χ0v) is 17.9. The molecule has 0 bridgehead atoms. The lowest BCUT2D eigenvalue weighted by Gasteiger charge is -2.11. The van der Waals surface area contributed by atoms with E-state index < -0.39 is 0 Å². The van der Waals surface area contributed by atoms with Gasteiger partial charge in [-0.05, 0) is 42.0 Å². The van der Waals surface area contributed by atoms with Crippen molar-refractivity contribution in [2.45, 2.75) is 37.1 Å². The van der Waals surface area contributed by atoms with Gasteiger partial charge in [0, 0.05) is 10.6 Å². The van der Waals surface area contributed by atoms with E-state index in [0.29, 0.717) is 11.7 Å². The number of hydrogen-bond donors (Lipinski definition) is 2. The molecule has 0 radical (unpaired) electrons. The van der Waals surface area contributed by atoms with Crippen molar-refractivity contribution >= 4 is 51.2 Å². The Morgan fingerprint density at radius 1 is 1.15 bits per heavy atom. The van der Waals surface area contributed by atoms with Crippen LogP contribution in [0.2, 0.25) is 0 Å². The quantitative estimate of drug-likeness (QED) is 0.477. The Balaban J connectivity index is 1.48. The maximum Gasteiger partial charge on any atom is 0.230 e. The minimum atomic E-state index is -0.00474. The van der Waals surface area contributed by atoms with E-state index in [9.17, 15) is 4.79 Å². The molecule has 8 heteroatoms. The molecule has 1 amide bonds. The standard InChI is InChI=1S/C19H22N4OS3/c1-12(2)14-6-8-15(9-7-14)21-18-22-23-19(27-18)26-11-17(24)20-13(3)16-5-4-10-25-16/h4-10,12-13H,11H2,1-3H3,(H,20,24)(H,21,22)/t13-/m0/s1. The normalized spacial score (nSPS) is 12.1. The molecular formula is C19H22N4OS3. The largest absolute Gasteiger partial charge is 0.348 e. The van der Waals surface area contributed by atoms with Gasteiger partial charge in [-0.25, -0.2) is 0 Å². The Kier molecular flexibility index (Phi) is 6.87. The van der Waals surface area contributed by atoms with E-state index in [1.165, 1.54) is 28.7 Å². The molecule has 0 fully saturated rings. The first-order chi connectivity index (χ1) is 13.0. The van der Waals surface area contributed by atoms with Crippen LogP contribution in [-0.2, 0) is 4.79 Å². The summed E-state index contributed by atoms with van der Waals surface area (Å²) in [6, 6.07) is 12.4. The summed E-state index contributed by atoms with van der Waals surface area (Å²) in [4.78, 5) is 13.3. The van der Waals surface area contributed by atoms with Gasteiger partial charge < -0.3 is 10.6 Å². The van der Waals surface area contributed by atoms with Crippen LogP contribution in [0, 0.1) is 0 Å². The Bertz CT molecular complexity index is 859. The number of nitrogens with one attached hydrogen (secondary N) is 2. The van der Waals surface area contributed by atoms with E-state index >= 15 is 0 Å². The summed E-state index contributed by atoms with van der Waals surface area (Å²) >= 11 is 4.49. The molecule has 3 rings (SSSR count). The Morgan fingerprint density at radius 2 is 1.93 bits per heavy atom. The highest BCUT2D eigenvalue weighted by atomic mass is 32.2. The number of nitrogens with zero attached hydrogens (tertiary/aromatic N) is 2. The van der Waals surface area contributed by atoms with Crippen molar-refractivity contribution in [2.75, 3.05) is 11.1 Å². The molecule has 2 N–H and O–H groups in total. The summed E-state index contributed by atoms with van der Waals surface area (Å²) in [6.07, 6.45) is 0. The lowest BCUT2D eigenvalue weighted by atomic mass is 10.0. The third-order valence-corrected chi connectivity index (χ3v) is 6.94. The first-order valence-electron chi connectivity index (χ1n) is 8.67. The maximum absolute atomic E-state index is 12.1. The zero-order valence-electron chi connectivity index (χ0n) is 15.4. The average Bonchev–Trinajstić information content (AvgIpc) is 3.32. The van der Waals surface area contributed by atoms with Gasteiger partial charge >= 0.3 is 0 Å². The van der Waals surface area contributed by atoms with Crippen molar-refractivity contribution in [3.05, 3.63) is 52.2 Å². The van der Waals surface area contributed by atoms with Gasteiger partial charge in [0.2, 0.25) is 11.0 Å². The number of thiophene rings is 1. The van der Waals surface area contributed by atoms with Gasteiger partial charge in [-0.1, -0.05) is 55.1 Å². The molecule has 0 spiro atoms. The van der Waals surface area contributed by atoms with Gasteiger partial charge in [0.25, 0.3) is 0 Å². The van der Waals surface area contributed by atoms with Crippen LogP contribution in [0.3, 0.4) is 0 Å². The summed E-state index contributed by atoms with van der Waals surface area (Å²) in [6.45, 7) is 6.34. The Morgan fingerprint density at radius 3 is 2.59 bits per heavy atom. The van der Waals surface area contributed by atoms with Crippen molar-refractivity contribution in [1.29, 1.82) is 0 Å². The van der Waals surface area contributed by atoms with E-state index in [4.69, 9.17) is 0 Å². The van der Waals surface area contributed by atoms with E-state index in [1.54, 1.807) is 11.3 Å². The summed E-state index contributed by atoms with van der Waals surface area (Å²) in [5.74, 6) is 0.833. The lowest BCUT2D eigenvalue weighted by molar-refractivity contribution is -0.119. The van der Waals surface area contributed by atoms with E-state index in [-0.39, 0.29) is 11.9 Å². The summed E-state index contributed by atoms with van der Waals surface area (Å²) in [5.41, 5.74) is 2.28. The van der Waals surface area contributed by atoms with Gasteiger partial charge in [-0.3, -0.25) is 4.79 Å². The number of aromatic nitrogens is 2. The van der Waals surface area contributed by atoms with Crippen LogP contribution < -0.4 is 10.6 Å². The van der Waals surface area contributed by atoms with Crippen LogP contribution >= 0.6 is 34.4 Å². The topological polar surface area (TPSA) is 66.9 Å².